The van der Waals surface area contributed by atoms with Crippen LogP contribution in [-0.4, -0.2) is 26.9 Å². The van der Waals surface area contributed by atoms with Gasteiger partial charge in [0.25, 0.3) is 5.56 Å². The van der Waals surface area contributed by atoms with Crippen LogP contribution >= 0.6 is 0 Å². The van der Waals surface area contributed by atoms with E-state index in [4.69, 9.17) is 4.98 Å². The number of para-hydroxylation sites is 1. The van der Waals surface area contributed by atoms with Crippen molar-refractivity contribution in [3.8, 4) is 5.69 Å². The summed E-state index contributed by atoms with van der Waals surface area (Å²) in [6.07, 6.45) is 2.13. The molecule has 0 spiro atoms. The maximum Gasteiger partial charge on any atom is 0.266 e. The number of nitrogens with zero attached hydrogens (tertiary/aromatic N) is 3. The zero-order chi connectivity index (χ0) is 21.8. The minimum absolute atomic E-state index is 0.0989. The lowest BCUT2D eigenvalue weighted by molar-refractivity contribution is -0.133. The first-order valence-corrected chi connectivity index (χ1v) is 10.8. The Balaban J connectivity index is 2.30. The number of hydrogen-bond donors (Lipinski definition) is 0. The quantitative estimate of drug-likeness (QED) is 0.549. The van der Waals surface area contributed by atoms with Crippen molar-refractivity contribution in [2.24, 2.45) is 0 Å². The molecule has 1 unspecified atom stereocenters. The van der Waals surface area contributed by atoms with Gasteiger partial charge in [0.1, 0.15) is 5.82 Å². The molecule has 0 aliphatic carbocycles. The van der Waals surface area contributed by atoms with Gasteiger partial charge in [-0.25, -0.2) is 4.98 Å². The van der Waals surface area contributed by atoms with Gasteiger partial charge in [0.2, 0.25) is 5.91 Å². The topological polar surface area (TPSA) is 55.2 Å². The van der Waals surface area contributed by atoms with Crippen LogP contribution in [0.15, 0.2) is 47.3 Å². The van der Waals surface area contributed by atoms with Gasteiger partial charge in [0.15, 0.2) is 0 Å². The molecule has 0 N–H and O–H groups in total. The molecule has 158 valence electrons. The Labute approximate surface area is 178 Å². The Bertz CT molecular complexity index is 1120. The maximum atomic E-state index is 13.6. The predicted molar refractivity (Wildman–Crippen MR) is 122 cm³/mol. The van der Waals surface area contributed by atoms with Gasteiger partial charge >= 0.3 is 0 Å². The number of rotatable bonds is 7. The number of aryl methyl sites for hydroxylation is 2. The fraction of sp³-hybridized carbons (Fsp3) is 0.400. The summed E-state index contributed by atoms with van der Waals surface area (Å²) in [5.74, 6) is 0.701. The molecule has 0 aliphatic rings. The standard InChI is InChI=1S/C25H31N3O2/c1-6-10-23(29)27(15-7-2)19(5)24-26-21-12-9-8-11-20(21)25(30)28(24)22-16-17(3)13-14-18(22)4/h8-9,11-14,16,19H,6-7,10,15H2,1-5H3. The molecule has 3 aromatic rings. The van der Waals surface area contributed by atoms with Gasteiger partial charge in [0, 0.05) is 13.0 Å². The molecule has 30 heavy (non-hydrogen) atoms. The SMILES string of the molecule is CCCC(=O)N(CCC)C(C)c1nc2ccccc2c(=O)n1-c1cc(C)ccc1C. The number of benzene rings is 2. The number of carbonyl (C=O) groups is 1. The molecule has 1 atom stereocenters. The van der Waals surface area contributed by atoms with Gasteiger partial charge in [-0.15, -0.1) is 0 Å². The van der Waals surface area contributed by atoms with Crippen LogP contribution in [0, 0.1) is 13.8 Å². The second-order valence-electron chi connectivity index (χ2n) is 7.93. The average Bonchev–Trinajstić information content (AvgIpc) is 2.73. The van der Waals surface area contributed by atoms with Gasteiger partial charge in [-0.05, 0) is 62.9 Å². The molecular formula is C25H31N3O2. The summed E-state index contributed by atoms with van der Waals surface area (Å²) in [6.45, 7) is 10.7. The Morgan fingerprint density at radius 1 is 1.10 bits per heavy atom. The molecule has 0 saturated carbocycles. The molecular weight excluding hydrogens is 374 g/mol. The highest BCUT2D eigenvalue weighted by molar-refractivity contribution is 5.79. The monoisotopic (exact) mass is 405 g/mol. The van der Waals surface area contributed by atoms with Crippen molar-refractivity contribution < 1.29 is 4.79 Å². The first kappa shape index (κ1) is 21.8. The predicted octanol–water partition coefficient (Wildman–Crippen LogP) is 5.10. The van der Waals surface area contributed by atoms with Gasteiger partial charge in [-0.1, -0.05) is 38.1 Å². The lowest BCUT2D eigenvalue weighted by Crippen LogP contribution is -2.38. The molecule has 0 radical (unpaired) electrons. The molecule has 0 aliphatic heterocycles. The van der Waals surface area contributed by atoms with Gasteiger partial charge < -0.3 is 4.90 Å². The summed E-state index contributed by atoms with van der Waals surface area (Å²) < 4.78 is 1.71. The van der Waals surface area contributed by atoms with Crippen molar-refractivity contribution in [3.63, 3.8) is 0 Å². The first-order valence-electron chi connectivity index (χ1n) is 10.8. The summed E-state index contributed by atoms with van der Waals surface area (Å²) in [5.41, 5.74) is 3.44. The van der Waals surface area contributed by atoms with Crippen molar-refractivity contribution >= 4 is 16.8 Å². The van der Waals surface area contributed by atoms with Crippen molar-refractivity contribution in [1.82, 2.24) is 14.5 Å². The number of amides is 1. The first-order chi connectivity index (χ1) is 14.4. The molecule has 1 heterocycles. The number of carbonyl (C=O) groups excluding carboxylic acids is 1. The summed E-state index contributed by atoms with van der Waals surface area (Å²) >= 11 is 0. The number of hydrogen-bond acceptors (Lipinski definition) is 3. The van der Waals surface area contributed by atoms with Crippen LogP contribution in [0.4, 0.5) is 0 Å². The summed E-state index contributed by atoms with van der Waals surface area (Å²) in [5, 5.41) is 0.580. The zero-order valence-electron chi connectivity index (χ0n) is 18.6. The average molecular weight is 406 g/mol. The molecule has 5 nitrogen and oxygen atoms in total. The molecule has 2 aromatic carbocycles. The Morgan fingerprint density at radius 3 is 2.53 bits per heavy atom. The highest BCUT2D eigenvalue weighted by atomic mass is 16.2. The van der Waals surface area contributed by atoms with E-state index in [0.717, 1.165) is 29.7 Å². The van der Waals surface area contributed by atoms with E-state index in [0.29, 0.717) is 29.7 Å². The highest BCUT2D eigenvalue weighted by Crippen LogP contribution is 2.25. The molecule has 5 heteroatoms. The van der Waals surface area contributed by atoms with E-state index in [1.54, 1.807) is 4.57 Å². The Morgan fingerprint density at radius 2 is 1.83 bits per heavy atom. The van der Waals surface area contributed by atoms with Crippen molar-refractivity contribution in [3.05, 3.63) is 69.8 Å². The third kappa shape index (κ3) is 4.16. The normalized spacial score (nSPS) is 12.2. The van der Waals surface area contributed by atoms with Crippen molar-refractivity contribution in [1.29, 1.82) is 0 Å². The maximum absolute atomic E-state index is 13.6. The molecule has 1 amide bonds. The van der Waals surface area contributed by atoms with Crippen molar-refractivity contribution in [2.75, 3.05) is 6.54 Å². The van der Waals surface area contributed by atoms with E-state index in [9.17, 15) is 9.59 Å². The van der Waals surface area contributed by atoms with Gasteiger partial charge in [-0.3, -0.25) is 14.2 Å². The molecule has 0 saturated heterocycles. The summed E-state index contributed by atoms with van der Waals surface area (Å²) in [6, 6.07) is 13.2. The number of fused-ring (bicyclic) bond motifs is 1. The van der Waals surface area contributed by atoms with Crippen LogP contribution in [0.1, 0.15) is 63.0 Å². The fourth-order valence-corrected chi connectivity index (χ4v) is 3.90. The lowest BCUT2D eigenvalue weighted by Gasteiger charge is -2.30. The van der Waals surface area contributed by atoms with E-state index in [-0.39, 0.29) is 17.5 Å². The molecule has 0 bridgehead atoms. The molecule has 1 aromatic heterocycles. The lowest BCUT2D eigenvalue weighted by atomic mass is 10.1. The van der Waals surface area contributed by atoms with E-state index in [1.165, 1.54) is 0 Å². The second-order valence-corrected chi connectivity index (χ2v) is 7.93. The third-order valence-corrected chi connectivity index (χ3v) is 5.50. The van der Waals surface area contributed by atoms with Crippen LogP contribution in [0.5, 0.6) is 0 Å². The van der Waals surface area contributed by atoms with Gasteiger partial charge in [-0.2, -0.15) is 0 Å². The molecule has 3 rings (SSSR count). The Hall–Kier alpha value is -2.95. The Kier molecular flexibility index (Phi) is 6.70. The highest BCUT2D eigenvalue weighted by Gasteiger charge is 2.26. The summed E-state index contributed by atoms with van der Waals surface area (Å²) in [4.78, 5) is 33.2. The van der Waals surface area contributed by atoms with Crippen LogP contribution in [0.3, 0.4) is 0 Å². The number of aromatic nitrogens is 2. The van der Waals surface area contributed by atoms with Gasteiger partial charge in [0.05, 0.1) is 22.6 Å². The zero-order valence-corrected chi connectivity index (χ0v) is 18.6. The fourth-order valence-electron chi connectivity index (χ4n) is 3.90. The van der Waals surface area contributed by atoms with Crippen LogP contribution in [0.2, 0.25) is 0 Å². The largest absolute Gasteiger partial charge is 0.333 e. The van der Waals surface area contributed by atoms with E-state index < -0.39 is 0 Å². The van der Waals surface area contributed by atoms with Crippen molar-refractivity contribution in [2.45, 2.75) is 59.9 Å². The van der Waals surface area contributed by atoms with Crippen LogP contribution < -0.4 is 5.56 Å². The minimum Gasteiger partial charge on any atom is -0.333 e. The third-order valence-electron chi connectivity index (χ3n) is 5.50. The second kappa shape index (κ2) is 9.24. The smallest absolute Gasteiger partial charge is 0.266 e. The van der Waals surface area contributed by atoms with E-state index >= 15 is 0 Å². The summed E-state index contributed by atoms with van der Waals surface area (Å²) in [7, 11) is 0. The van der Waals surface area contributed by atoms with Crippen LogP contribution in [-0.2, 0) is 4.79 Å². The minimum atomic E-state index is -0.318. The molecule has 0 fully saturated rings. The van der Waals surface area contributed by atoms with Crippen LogP contribution in [0.25, 0.3) is 16.6 Å². The van der Waals surface area contributed by atoms with E-state index in [2.05, 4.69) is 6.92 Å². The van der Waals surface area contributed by atoms with E-state index in [1.807, 2.05) is 75.1 Å².